The number of carbonyl (C=O) groups excluding carboxylic acids is 1. The zero-order chi connectivity index (χ0) is 18.1. The molecule has 1 heterocycles. The van der Waals surface area contributed by atoms with Crippen LogP contribution in [0.3, 0.4) is 0 Å². The lowest BCUT2D eigenvalue weighted by Gasteiger charge is -2.19. The standard InChI is InChI=1S/C17H22N2O5S/c1-25(21,22)19(14-16-8-5-12-23-16)11-10-18-17(20)9-13-24-15-6-3-2-4-7-15/h2-8,12H,9-11,13-14H2,1H3,(H,18,20). The van der Waals surface area contributed by atoms with Crippen molar-refractivity contribution in [2.75, 3.05) is 26.0 Å². The second-order valence-corrected chi connectivity index (χ2v) is 7.42. The molecule has 0 fully saturated rings. The number of benzene rings is 1. The molecule has 0 radical (unpaired) electrons. The quantitative estimate of drug-likeness (QED) is 0.690. The van der Waals surface area contributed by atoms with Gasteiger partial charge in [0.25, 0.3) is 0 Å². The normalized spacial score (nSPS) is 11.4. The molecular weight excluding hydrogens is 344 g/mol. The highest BCUT2D eigenvalue weighted by molar-refractivity contribution is 7.88. The van der Waals surface area contributed by atoms with E-state index in [9.17, 15) is 13.2 Å². The van der Waals surface area contributed by atoms with Crippen molar-refractivity contribution in [1.82, 2.24) is 9.62 Å². The summed E-state index contributed by atoms with van der Waals surface area (Å²) in [6.07, 6.45) is 2.82. The number of rotatable bonds is 10. The number of carbonyl (C=O) groups is 1. The van der Waals surface area contributed by atoms with Gasteiger partial charge < -0.3 is 14.5 Å². The number of hydrogen-bond donors (Lipinski definition) is 1. The molecule has 2 aromatic rings. The van der Waals surface area contributed by atoms with Gasteiger partial charge in [-0.25, -0.2) is 8.42 Å². The summed E-state index contributed by atoms with van der Waals surface area (Å²) in [5.74, 6) is 1.06. The zero-order valence-electron chi connectivity index (χ0n) is 14.1. The molecule has 0 aliphatic heterocycles. The van der Waals surface area contributed by atoms with E-state index >= 15 is 0 Å². The van der Waals surface area contributed by atoms with Gasteiger partial charge >= 0.3 is 0 Å². The lowest BCUT2D eigenvalue weighted by molar-refractivity contribution is -0.121. The van der Waals surface area contributed by atoms with Crippen molar-refractivity contribution in [3.8, 4) is 5.75 Å². The van der Waals surface area contributed by atoms with Gasteiger partial charge in [-0.1, -0.05) is 18.2 Å². The van der Waals surface area contributed by atoms with Crippen LogP contribution in [0.2, 0.25) is 0 Å². The van der Waals surface area contributed by atoms with Crippen molar-refractivity contribution in [2.24, 2.45) is 0 Å². The number of amides is 1. The maximum atomic E-state index is 11.8. The average Bonchev–Trinajstić information content (AvgIpc) is 3.07. The lowest BCUT2D eigenvalue weighted by Crippen LogP contribution is -2.37. The Labute approximate surface area is 147 Å². The van der Waals surface area contributed by atoms with Gasteiger partial charge in [0.15, 0.2) is 0 Å². The molecule has 2 rings (SSSR count). The van der Waals surface area contributed by atoms with Crippen LogP contribution in [0.15, 0.2) is 53.1 Å². The van der Waals surface area contributed by atoms with Crippen LogP contribution >= 0.6 is 0 Å². The third-order valence-corrected chi connectivity index (χ3v) is 4.66. The van der Waals surface area contributed by atoms with Crippen molar-refractivity contribution in [2.45, 2.75) is 13.0 Å². The van der Waals surface area contributed by atoms with Crippen molar-refractivity contribution < 1.29 is 22.4 Å². The van der Waals surface area contributed by atoms with E-state index in [4.69, 9.17) is 9.15 Å². The Morgan fingerprint density at radius 1 is 1.20 bits per heavy atom. The van der Waals surface area contributed by atoms with E-state index < -0.39 is 10.0 Å². The Kier molecular flexibility index (Phi) is 7.03. The summed E-state index contributed by atoms with van der Waals surface area (Å²) >= 11 is 0. The van der Waals surface area contributed by atoms with E-state index in [1.54, 1.807) is 12.1 Å². The number of furan rings is 1. The molecule has 0 unspecified atom stereocenters. The summed E-state index contributed by atoms with van der Waals surface area (Å²) in [7, 11) is -3.39. The van der Waals surface area contributed by atoms with Gasteiger partial charge in [-0.3, -0.25) is 4.79 Å². The first-order valence-corrected chi connectivity index (χ1v) is 9.72. The van der Waals surface area contributed by atoms with Gasteiger partial charge in [-0.05, 0) is 24.3 Å². The zero-order valence-corrected chi connectivity index (χ0v) is 14.9. The molecule has 136 valence electrons. The third-order valence-electron chi connectivity index (χ3n) is 3.41. The summed E-state index contributed by atoms with van der Waals surface area (Å²) in [5.41, 5.74) is 0. The van der Waals surface area contributed by atoms with E-state index in [-0.39, 0.29) is 38.6 Å². The second kappa shape index (κ2) is 9.24. The maximum absolute atomic E-state index is 11.8. The fourth-order valence-corrected chi connectivity index (χ4v) is 2.91. The summed E-state index contributed by atoms with van der Waals surface area (Å²) in [6, 6.07) is 12.6. The Balaban J connectivity index is 1.70. The van der Waals surface area contributed by atoms with E-state index in [2.05, 4.69) is 5.32 Å². The van der Waals surface area contributed by atoms with E-state index in [1.165, 1.54) is 10.6 Å². The predicted octanol–water partition coefficient (Wildman–Crippen LogP) is 1.63. The van der Waals surface area contributed by atoms with Gasteiger partial charge in [0.05, 0.1) is 32.1 Å². The fraction of sp³-hybridized carbons (Fsp3) is 0.353. The van der Waals surface area contributed by atoms with Crippen LogP contribution in [0.25, 0.3) is 0 Å². The molecule has 8 heteroatoms. The second-order valence-electron chi connectivity index (χ2n) is 5.44. The largest absolute Gasteiger partial charge is 0.493 e. The Morgan fingerprint density at radius 3 is 2.60 bits per heavy atom. The van der Waals surface area contributed by atoms with Crippen molar-refractivity contribution in [1.29, 1.82) is 0 Å². The lowest BCUT2D eigenvalue weighted by atomic mass is 10.3. The molecule has 1 aromatic carbocycles. The molecule has 0 spiro atoms. The van der Waals surface area contributed by atoms with Crippen molar-refractivity contribution in [3.05, 3.63) is 54.5 Å². The average molecular weight is 366 g/mol. The van der Waals surface area contributed by atoms with E-state index in [1.807, 2.05) is 30.3 Å². The Morgan fingerprint density at radius 2 is 1.96 bits per heavy atom. The maximum Gasteiger partial charge on any atom is 0.223 e. The smallest absolute Gasteiger partial charge is 0.223 e. The first kappa shape index (κ1) is 19.0. The molecule has 1 amide bonds. The molecule has 1 N–H and O–H groups in total. The van der Waals surface area contributed by atoms with Crippen molar-refractivity contribution in [3.63, 3.8) is 0 Å². The minimum Gasteiger partial charge on any atom is -0.493 e. The molecule has 0 bridgehead atoms. The van der Waals surface area contributed by atoms with Crippen LogP contribution in [0.1, 0.15) is 12.2 Å². The number of hydrogen-bond acceptors (Lipinski definition) is 5. The molecule has 0 aliphatic carbocycles. The highest BCUT2D eigenvalue weighted by Gasteiger charge is 2.18. The minimum atomic E-state index is -3.39. The number of para-hydroxylation sites is 1. The number of nitrogens with zero attached hydrogens (tertiary/aromatic N) is 1. The van der Waals surface area contributed by atoms with Crippen molar-refractivity contribution >= 4 is 15.9 Å². The summed E-state index contributed by atoms with van der Waals surface area (Å²) < 4.78 is 35.5. The van der Waals surface area contributed by atoms with Gasteiger partial charge in [0, 0.05) is 13.1 Å². The summed E-state index contributed by atoms with van der Waals surface area (Å²) in [6.45, 7) is 0.791. The van der Waals surface area contributed by atoms with Crippen LogP contribution in [0, 0.1) is 0 Å². The molecular formula is C17H22N2O5S. The Bertz CT molecular complexity index is 745. The highest BCUT2D eigenvalue weighted by Crippen LogP contribution is 2.09. The molecule has 25 heavy (non-hydrogen) atoms. The number of nitrogens with one attached hydrogen (secondary N) is 1. The molecule has 0 aliphatic rings. The van der Waals surface area contributed by atoms with E-state index in [0.29, 0.717) is 11.5 Å². The molecule has 7 nitrogen and oxygen atoms in total. The predicted molar refractivity (Wildman–Crippen MR) is 93.5 cm³/mol. The molecule has 1 aromatic heterocycles. The van der Waals surface area contributed by atoms with Crippen LogP contribution in [0.4, 0.5) is 0 Å². The summed E-state index contributed by atoms with van der Waals surface area (Å²) in [5, 5.41) is 2.70. The highest BCUT2D eigenvalue weighted by atomic mass is 32.2. The third kappa shape index (κ3) is 6.98. The van der Waals surface area contributed by atoms with Crippen LogP contribution in [0.5, 0.6) is 5.75 Å². The Hall–Kier alpha value is -2.32. The molecule has 0 saturated heterocycles. The van der Waals surface area contributed by atoms with E-state index in [0.717, 1.165) is 6.26 Å². The first-order chi connectivity index (χ1) is 11.9. The summed E-state index contributed by atoms with van der Waals surface area (Å²) in [4.78, 5) is 11.8. The number of ether oxygens (including phenoxy) is 1. The number of sulfonamides is 1. The molecule has 0 saturated carbocycles. The van der Waals surface area contributed by atoms with Gasteiger partial charge in [-0.2, -0.15) is 4.31 Å². The van der Waals surface area contributed by atoms with Gasteiger partial charge in [-0.15, -0.1) is 0 Å². The SMILES string of the molecule is CS(=O)(=O)N(CCNC(=O)CCOc1ccccc1)Cc1ccco1. The van der Waals surface area contributed by atoms with Crippen LogP contribution in [-0.4, -0.2) is 44.6 Å². The van der Waals surface area contributed by atoms with Gasteiger partial charge in [0.1, 0.15) is 11.5 Å². The van der Waals surface area contributed by atoms with Crippen LogP contribution < -0.4 is 10.1 Å². The minimum absolute atomic E-state index is 0.138. The fourth-order valence-electron chi connectivity index (χ4n) is 2.13. The van der Waals surface area contributed by atoms with Crippen LogP contribution in [-0.2, 0) is 21.4 Å². The monoisotopic (exact) mass is 366 g/mol. The topological polar surface area (TPSA) is 88.9 Å². The van der Waals surface area contributed by atoms with Gasteiger partial charge in [0.2, 0.25) is 15.9 Å². The first-order valence-electron chi connectivity index (χ1n) is 7.87. The molecule has 0 atom stereocenters.